The summed E-state index contributed by atoms with van der Waals surface area (Å²) < 4.78 is 0. The molecular weight excluding hydrogens is 163 g/mol. The molecule has 0 aliphatic heterocycles. The summed E-state index contributed by atoms with van der Waals surface area (Å²) in [6.07, 6.45) is 5.10. The smallest absolute Gasteiger partial charge is 0.304 e. The van der Waals surface area contributed by atoms with Gasteiger partial charge in [0.25, 0.3) is 7.41 Å². The summed E-state index contributed by atoms with van der Waals surface area (Å²) in [7, 11) is 3.88. The van der Waals surface area contributed by atoms with Crippen molar-refractivity contribution in [2.75, 3.05) is 13.6 Å². The average molecular weight is 181 g/mol. The second-order valence-corrected chi connectivity index (χ2v) is 3.64. The highest BCUT2D eigenvalue weighted by molar-refractivity contribution is 6.38. The lowest BCUT2D eigenvalue weighted by Crippen LogP contribution is -2.40. The molecule has 73 valence electrons. The van der Waals surface area contributed by atoms with E-state index in [1.54, 1.807) is 4.81 Å². The molecular formula is C9H18BN2O. The number of nitrogens with zero attached hydrogens (tertiary/aromatic N) is 1. The van der Waals surface area contributed by atoms with Crippen LogP contribution in [0, 0.1) is 0 Å². The van der Waals surface area contributed by atoms with E-state index in [4.69, 9.17) is 0 Å². The van der Waals surface area contributed by atoms with Gasteiger partial charge in [-0.2, -0.15) is 0 Å². The predicted octanol–water partition coefficient (Wildman–Crippen LogP) is 1.63. The Morgan fingerprint density at radius 2 is 2.15 bits per heavy atom. The zero-order valence-electron chi connectivity index (χ0n) is 8.55. The fourth-order valence-corrected chi connectivity index (χ4v) is 1.77. The summed E-state index contributed by atoms with van der Waals surface area (Å²) in [6.45, 7) is 2.63. The van der Waals surface area contributed by atoms with Crippen LogP contribution in [0.3, 0.4) is 0 Å². The number of nitrogens with one attached hydrogen (secondary N) is 1. The molecule has 0 bridgehead atoms. The molecule has 3 nitrogen and oxygen atoms in total. The molecule has 0 aromatic rings. The first kappa shape index (κ1) is 10.4. The van der Waals surface area contributed by atoms with Crippen LogP contribution in [0.5, 0.6) is 0 Å². The van der Waals surface area contributed by atoms with E-state index in [2.05, 4.69) is 12.7 Å². The predicted molar refractivity (Wildman–Crippen MR) is 54.8 cm³/mol. The number of hydrogen-bond acceptors (Lipinski definition) is 1. The van der Waals surface area contributed by atoms with Crippen molar-refractivity contribution in [3.05, 3.63) is 0 Å². The Balaban J connectivity index is 2.22. The summed E-state index contributed by atoms with van der Waals surface area (Å²) in [5.41, 5.74) is 0. The van der Waals surface area contributed by atoms with E-state index in [9.17, 15) is 4.79 Å². The highest BCUT2D eigenvalue weighted by Crippen LogP contribution is 2.29. The Hall–Kier alpha value is -0.665. The number of amides is 2. The lowest BCUT2D eigenvalue weighted by molar-refractivity contribution is 0.228. The third kappa shape index (κ3) is 3.29. The van der Waals surface area contributed by atoms with Crippen LogP contribution in [0.25, 0.3) is 0 Å². The molecule has 0 unspecified atom stereocenters. The maximum atomic E-state index is 11.3. The molecule has 1 aliphatic rings. The molecule has 0 heterocycles. The number of rotatable bonds is 3. The molecule has 0 saturated heterocycles. The van der Waals surface area contributed by atoms with Crippen LogP contribution in [0.15, 0.2) is 0 Å². The fraction of sp³-hybridized carbons (Fsp3) is 0.889. The zero-order chi connectivity index (χ0) is 9.68. The lowest BCUT2D eigenvalue weighted by atomic mass is 9.73. The summed E-state index contributed by atoms with van der Waals surface area (Å²) in [5, 5.41) is 2.77. The summed E-state index contributed by atoms with van der Waals surface area (Å²) in [6, 6.07) is 0.00870. The Bertz CT molecular complexity index is 169. The van der Waals surface area contributed by atoms with E-state index >= 15 is 0 Å². The molecule has 1 fully saturated rings. The van der Waals surface area contributed by atoms with Gasteiger partial charge in [-0.25, -0.2) is 0 Å². The van der Waals surface area contributed by atoms with Gasteiger partial charge in [-0.1, -0.05) is 25.7 Å². The summed E-state index contributed by atoms with van der Waals surface area (Å²) in [5.74, 6) is 0.618. The van der Waals surface area contributed by atoms with Crippen LogP contribution < -0.4 is 5.32 Å². The number of urea groups is 1. The molecule has 13 heavy (non-hydrogen) atoms. The standard InChI is InChI=1S/C9H18BN2O/c1-3-11-9(13)12(2)10-8-6-4-5-7-8/h8H,3-7H2,1-2H3,(H,11,13). The van der Waals surface area contributed by atoms with Crippen molar-refractivity contribution in [2.24, 2.45) is 0 Å². The van der Waals surface area contributed by atoms with Gasteiger partial charge in [-0.3, -0.25) is 4.79 Å². The van der Waals surface area contributed by atoms with Crippen molar-refractivity contribution in [2.45, 2.75) is 38.4 Å². The summed E-state index contributed by atoms with van der Waals surface area (Å²) >= 11 is 0. The molecule has 1 saturated carbocycles. The van der Waals surface area contributed by atoms with E-state index in [1.807, 2.05) is 14.0 Å². The number of carbonyl (C=O) groups excluding carboxylic acids is 1. The van der Waals surface area contributed by atoms with Gasteiger partial charge in [0.1, 0.15) is 0 Å². The van der Waals surface area contributed by atoms with Gasteiger partial charge in [0.15, 0.2) is 0 Å². The van der Waals surface area contributed by atoms with E-state index in [0.717, 1.165) is 0 Å². The van der Waals surface area contributed by atoms with Crippen LogP contribution in [0.1, 0.15) is 32.6 Å². The van der Waals surface area contributed by atoms with Crippen LogP contribution in [-0.4, -0.2) is 31.8 Å². The SMILES string of the molecule is CCNC(=O)N(C)[B]C1CCCC1. The van der Waals surface area contributed by atoms with E-state index in [-0.39, 0.29) is 6.03 Å². The molecule has 1 N–H and O–H groups in total. The van der Waals surface area contributed by atoms with Crippen molar-refractivity contribution in [1.29, 1.82) is 0 Å². The minimum Gasteiger partial charge on any atom is -0.376 e. The normalized spacial score (nSPS) is 17.1. The van der Waals surface area contributed by atoms with Gasteiger partial charge in [-0.15, -0.1) is 0 Å². The van der Waals surface area contributed by atoms with Crippen LogP contribution in [0.4, 0.5) is 4.79 Å². The van der Waals surface area contributed by atoms with Crippen LogP contribution in [0.2, 0.25) is 5.82 Å². The molecule has 0 atom stereocenters. The van der Waals surface area contributed by atoms with Gasteiger partial charge >= 0.3 is 6.03 Å². The van der Waals surface area contributed by atoms with Crippen molar-refractivity contribution in [1.82, 2.24) is 10.1 Å². The monoisotopic (exact) mass is 181 g/mol. The summed E-state index contributed by atoms with van der Waals surface area (Å²) in [4.78, 5) is 13.0. The van der Waals surface area contributed by atoms with Gasteiger partial charge < -0.3 is 10.1 Å². The molecule has 4 heteroatoms. The molecule has 0 aromatic heterocycles. The lowest BCUT2D eigenvalue weighted by Gasteiger charge is -2.19. The highest BCUT2D eigenvalue weighted by atomic mass is 16.2. The molecule has 1 rings (SSSR count). The van der Waals surface area contributed by atoms with Crippen molar-refractivity contribution < 1.29 is 4.79 Å². The zero-order valence-corrected chi connectivity index (χ0v) is 8.55. The highest BCUT2D eigenvalue weighted by Gasteiger charge is 2.20. The van der Waals surface area contributed by atoms with E-state index < -0.39 is 0 Å². The minimum atomic E-state index is 0.00870. The fourth-order valence-electron chi connectivity index (χ4n) is 1.77. The minimum absolute atomic E-state index is 0.00870. The van der Waals surface area contributed by atoms with Crippen LogP contribution >= 0.6 is 0 Å². The Labute approximate surface area is 81.1 Å². The van der Waals surface area contributed by atoms with Gasteiger partial charge in [0.05, 0.1) is 0 Å². The molecule has 1 aliphatic carbocycles. The third-order valence-electron chi connectivity index (χ3n) is 2.48. The van der Waals surface area contributed by atoms with Crippen molar-refractivity contribution in [3.8, 4) is 0 Å². The molecule has 2 amide bonds. The molecule has 0 spiro atoms. The first-order chi connectivity index (χ1) is 6.24. The Morgan fingerprint density at radius 1 is 1.54 bits per heavy atom. The van der Waals surface area contributed by atoms with Crippen LogP contribution in [-0.2, 0) is 0 Å². The van der Waals surface area contributed by atoms with Gasteiger partial charge in [0.2, 0.25) is 0 Å². The van der Waals surface area contributed by atoms with Crippen molar-refractivity contribution in [3.63, 3.8) is 0 Å². The Morgan fingerprint density at radius 3 is 2.69 bits per heavy atom. The second-order valence-electron chi connectivity index (χ2n) is 3.64. The van der Waals surface area contributed by atoms with E-state index in [0.29, 0.717) is 12.4 Å². The Kier molecular flexibility index (Phi) is 4.13. The maximum Gasteiger partial charge on any atom is 0.304 e. The van der Waals surface area contributed by atoms with Crippen molar-refractivity contribution >= 4 is 13.4 Å². The molecule has 0 aromatic carbocycles. The van der Waals surface area contributed by atoms with Gasteiger partial charge in [-0.05, 0) is 19.8 Å². The number of carbonyl (C=O) groups is 1. The maximum absolute atomic E-state index is 11.3. The first-order valence-corrected chi connectivity index (χ1v) is 5.09. The quantitative estimate of drug-likeness (QED) is 0.659. The second kappa shape index (κ2) is 5.15. The largest absolute Gasteiger partial charge is 0.376 e. The topological polar surface area (TPSA) is 32.3 Å². The first-order valence-electron chi connectivity index (χ1n) is 5.09. The van der Waals surface area contributed by atoms with E-state index in [1.165, 1.54) is 25.7 Å². The van der Waals surface area contributed by atoms with Gasteiger partial charge in [0, 0.05) is 6.54 Å². The third-order valence-corrected chi connectivity index (χ3v) is 2.48. The average Bonchev–Trinajstić information content (AvgIpc) is 2.57. The molecule has 1 radical (unpaired) electrons. The number of hydrogen-bond donors (Lipinski definition) is 1.